The lowest BCUT2D eigenvalue weighted by atomic mass is 10.1. The monoisotopic (exact) mass is 427 g/mol. The maximum Gasteiger partial charge on any atom is 0.313 e. The maximum absolute atomic E-state index is 12.5. The molecule has 3 heterocycles. The molecule has 2 N–H and O–H groups in total. The first-order valence-electron chi connectivity index (χ1n) is 10.5. The molecule has 166 valence electrons. The number of anilines is 1. The number of nitrogens with one attached hydrogen (secondary N) is 2. The number of hydrogen-bond donors (Lipinski definition) is 2. The number of aryl methyl sites for hydroxylation is 1. The van der Waals surface area contributed by atoms with E-state index in [4.69, 9.17) is 9.47 Å². The Bertz CT molecular complexity index is 936. The van der Waals surface area contributed by atoms with Crippen molar-refractivity contribution in [3.63, 3.8) is 0 Å². The van der Waals surface area contributed by atoms with Gasteiger partial charge >= 0.3 is 11.8 Å². The van der Waals surface area contributed by atoms with Gasteiger partial charge in [-0.1, -0.05) is 0 Å². The summed E-state index contributed by atoms with van der Waals surface area (Å²) in [7, 11) is 4.10. The molecule has 2 aromatic rings. The molecular formula is C22H29N5O4. The van der Waals surface area contributed by atoms with Gasteiger partial charge in [0.15, 0.2) is 11.5 Å². The Labute approximate surface area is 181 Å². The number of ether oxygens (including phenoxy) is 2. The van der Waals surface area contributed by atoms with Gasteiger partial charge < -0.3 is 29.6 Å². The van der Waals surface area contributed by atoms with E-state index < -0.39 is 11.8 Å². The summed E-state index contributed by atoms with van der Waals surface area (Å²) in [4.78, 5) is 29.6. The summed E-state index contributed by atoms with van der Waals surface area (Å²) in [6.07, 6.45) is 1.99. The third-order valence-corrected chi connectivity index (χ3v) is 5.77. The van der Waals surface area contributed by atoms with Crippen molar-refractivity contribution in [3.8, 4) is 11.5 Å². The minimum absolute atomic E-state index is 0.000238. The first kappa shape index (κ1) is 21.2. The normalized spacial score (nSPS) is 17.7. The van der Waals surface area contributed by atoms with E-state index in [1.807, 2.05) is 19.3 Å². The predicted molar refractivity (Wildman–Crippen MR) is 116 cm³/mol. The molecule has 1 fully saturated rings. The molecule has 2 aliphatic rings. The highest BCUT2D eigenvalue weighted by Crippen LogP contribution is 2.32. The molecule has 2 amide bonds. The molecule has 9 nitrogen and oxygen atoms in total. The van der Waals surface area contributed by atoms with Gasteiger partial charge in [0.25, 0.3) is 0 Å². The number of hydrogen-bond acceptors (Lipinski definition) is 6. The number of aromatic nitrogens is 1. The van der Waals surface area contributed by atoms with Crippen LogP contribution in [0, 0.1) is 0 Å². The van der Waals surface area contributed by atoms with Gasteiger partial charge in [0.2, 0.25) is 0 Å². The van der Waals surface area contributed by atoms with E-state index in [1.165, 1.54) is 0 Å². The molecule has 0 aliphatic carbocycles. The van der Waals surface area contributed by atoms with Gasteiger partial charge in [-0.2, -0.15) is 0 Å². The fraction of sp³-hybridized carbons (Fsp3) is 0.455. The Hall–Kier alpha value is -3.04. The average Bonchev–Trinajstić information content (AvgIpc) is 3.20. The first-order valence-corrected chi connectivity index (χ1v) is 10.5. The van der Waals surface area contributed by atoms with Crippen LogP contribution in [0.2, 0.25) is 0 Å². The van der Waals surface area contributed by atoms with Crippen molar-refractivity contribution in [2.75, 3.05) is 58.3 Å². The van der Waals surface area contributed by atoms with Crippen molar-refractivity contribution < 1.29 is 19.1 Å². The first-order chi connectivity index (χ1) is 15.0. The second kappa shape index (κ2) is 9.40. The molecule has 1 atom stereocenters. The SMILES string of the molecule is CN1CCN([C@@H](CNC(=O)C(=O)Nc2ccc3c(c2)OCCO3)c2cccn2C)CC1. The van der Waals surface area contributed by atoms with Crippen LogP contribution in [-0.4, -0.2) is 79.2 Å². The number of benzene rings is 1. The van der Waals surface area contributed by atoms with Crippen LogP contribution in [0.3, 0.4) is 0 Å². The highest BCUT2D eigenvalue weighted by atomic mass is 16.6. The zero-order chi connectivity index (χ0) is 21.8. The van der Waals surface area contributed by atoms with E-state index in [9.17, 15) is 9.59 Å². The Morgan fingerprint density at radius 3 is 2.45 bits per heavy atom. The second-order valence-electron chi connectivity index (χ2n) is 7.92. The lowest BCUT2D eigenvalue weighted by Gasteiger charge is -2.38. The molecule has 2 aliphatic heterocycles. The Morgan fingerprint density at radius 1 is 1.00 bits per heavy atom. The van der Waals surface area contributed by atoms with E-state index in [-0.39, 0.29) is 6.04 Å². The van der Waals surface area contributed by atoms with Crippen LogP contribution in [0.4, 0.5) is 5.69 Å². The summed E-state index contributed by atoms with van der Waals surface area (Å²) in [5.41, 5.74) is 1.60. The molecule has 1 aromatic heterocycles. The van der Waals surface area contributed by atoms with Crippen molar-refractivity contribution in [1.29, 1.82) is 0 Å². The number of nitrogens with zero attached hydrogens (tertiary/aromatic N) is 3. The van der Waals surface area contributed by atoms with Gasteiger partial charge in [0.1, 0.15) is 13.2 Å². The second-order valence-corrected chi connectivity index (χ2v) is 7.92. The van der Waals surface area contributed by atoms with Crippen molar-refractivity contribution in [2.45, 2.75) is 6.04 Å². The van der Waals surface area contributed by atoms with Crippen LogP contribution in [0.25, 0.3) is 0 Å². The van der Waals surface area contributed by atoms with Crippen molar-refractivity contribution in [2.24, 2.45) is 7.05 Å². The molecule has 0 unspecified atom stereocenters. The van der Waals surface area contributed by atoms with Gasteiger partial charge in [0.05, 0.1) is 6.04 Å². The van der Waals surface area contributed by atoms with E-state index in [0.717, 1.165) is 31.9 Å². The van der Waals surface area contributed by atoms with Gasteiger partial charge in [0, 0.05) is 63.4 Å². The Balaban J connectivity index is 1.38. The number of fused-ring (bicyclic) bond motifs is 1. The summed E-state index contributed by atoms with van der Waals surface area (Å²) < 4.78 is 13.1. The summed E-state index contributed by atoms with van der Waals surface area (Å²) in [6, 6.07) is 9.13. The van der Waals surface area contributed by atoms with E-state index in [2.05, 4.69) is 38.1 Å². The van der Waals surface area contributed by atoms with Crippen LogP contribution in [0.15, 0.2) is 36.5 Å². The van der Waals surface area contributed by atoms with E-state index >= 15 is 0 Å². The lowest BCUT2D eigenvalue weighted by Crippen LogP contribution is -2.49. The molecule has 0 radical (unpaired) electrons. The molecule has 0 saturated carbocycles. The van der Waals surface area contributed by atoms with Crippen LogP contribution in [0.5, 0.6) is 11.5 Å². The minimum Gasteiger partial charge on any atom is -0.486 e. The van der Waals surface area contributed by atoms with Crippen LogP contribution in [0.1, 0.15) is 11.7 Å². The van der Waals surface area contributed by atoms with Crippen molar-refractivity contribution in [3.05, 3.63) is 42.2 Å². The largest absolute Gasteiger partial charge is 0.486 e. The molecule has 0 bridgehead atoms. The Kier molecular flexibility index (Phi) is 6.43. The number of piperazine rings is 1. The van der Waals surface area contributed by atoms with Crippen molar-refractivity contribution in [1.82, 2.24) is 19.7 Å². The molecule has 1 aromatic carbocycles. The summed E-state index contributed by atoms with van der Waals surface area (Å²) in [6.45, 7) is 5.07. The number of carbonyl (C=O) groups excluding carboxylic acids is 2. The van der Waals surface area contributed by atoms with E-state index in [1.54, 1.807) is 18.2 Å². The maximum atomic E-state index is 12.5. The standard InChI is InChI=1S/C22H29N5O4/c1-25-8-10-27(11-9-25)18(17-4-3-7-26(17)2)15-23-21(28)22(29)24-16-5-6-19-20(14-16)31-13-12-30-19/h3-7,14,18H,8-13,15H2,1-2H3,(H,23,28)(H,24,29)/t18-/m0/s1. The molecule has 9 heteroatoms. The quantitative estimate of drug-likeness (QED) is 0.688. The zero-order valence-electron chi connectivity index (χ0n) is 18.0. The predicted octanol–water partition coefficient (Wildman–Crippen LogP) is 0.840. The zero-order valence-corrected chi connectivity index (χ0v) is 18.0. The topological polar surface area (TPSA) is 88.1 Å². The number of carbonyl (C=O) groups is 2. The van der Waals surface area contributed by atoms with Gasteiger partial charge in [-0.05, 0) is 31.3 Å². The third kappa shape index (κ3) is 5.00. The number of rotatable bonds is 5. The third-order valence-electron chi connectivity index (χ3n) is 5.77. The fourth-order valence-corrected chi connectivity index (χ4v) is 3.95. The van der Waals surface area contributed by atoms with Crippen molar-refractivity contribution >= 4 is 17.5 Å². The molecular weight excluding hydrogens is 398 g/mol. The molecule has 0 spiro atoms. The summed E-state index contributed by atoms with van der Waals surface area (Å²) in [5.74, 6) is -0.182. The van der Waals surface area contributed by atoms with Crippen LogP contribution in [-0.2, 0) is 16.6 Å². The van der Waals surface area contributed by atoms with Gasteiger partial charge in [-0.25, -0.2) is 0 Å². The molecule has 31 heavy (non-hydrogen) atoms. The molecule has 1 saturated heterocycles. The smallest absolute Gasteiger partial charge is 0.313 e. The average molecular weight is 428 g/mol. The lowest BCUT2D eigenvalue weighted by molar-refractivity contribution is -0.136. The number of likely N-dealkylation sites (N-methyl/N-ethyl adjacent to an activating group) is 1. The molecule has 4 rings (SSSR count). The fourth-order valence-electron chi connectivity index (χ4n) is 3.95. The minimum atomic E-state index is -0.708. The highest BCUT2D eigenvalue weighted by Gasteiger charge is 2.27. The number of amides is 2. The van der Waals surface area contributed by atoms with E-state index in [0.29, 0.717) is 36.9 Å². The van der Waals surface area contributed by atoms with Crippen LogP contribution < -0.4 is 20.1 Å². The Morgan fingerprint density at radius 2 is 1.74 bits per heavy atom. The highest BCUT2D eigenvalue weighted by molar-refractivity contribution is 6.39. The van der Waals surface area contributed by atoms with Gasteiger partial charge in [-0.3, -0.25) is 14.5 Å². The summed E-state index contributed by atoms with van der Waals surface area (Å²) >= 11 is 0. The summed E-state index contributed by atoms with van der Waals surface area (Å²) in [5, 5.41) is 5.45. The van der Waals surface area contributed by atoms with Gasteiger partial charge in [-0.15, -0.1) is 0 Å². The van der Waals surface area contributed by atoms with Crippen LogP contribution >= 0.6 is 0 Å².